The molecule has 5 heteroatoms. The van der Waals surface area contributed by atoms with Crippen molar-refractivity contribution in [2.45, 2.75) is 6.61 Å². The first-order valence-corrected chi connectivity index (χ1v) is 6.39. The number of aromatic amines is 1. The lowest BCUT2D eigenvalue weighted by Gasteiger charge is -2.04. The molecule has 0 aliphatic rings. The summed E-state index contributed by atoms with van der Waals surface area (Å²) in [6.07, 6.45) is 0. The Morgan fingerprint density at radius 3 is 2.71 bits per heavy atom. The van der Waals surface area contributed by atoms with Gasteiger partial charge in [-0.1, -0.05) is 12.1 Å². The van der Waals surface area contributed by atoms with Gasteiger partial charge in [0.25, 0.3) is 0 Å². The van der Waals surface area contributed by atoms with Crippen molar-refractivity contribution in [3.8, 4) is 11.5 Å². The highest BCUT2D eigenvalue weighted by Crippen LogP contribution is 2.22. The van der Waals surface area contributed by atoms with E-state index in [1.54, 1.807) is 36.4 Å². The van der Waals surface area contributed by atoms with E-state index in [1.807, 2.05) is 6.07 Å². The highest BCUT2D eigenvalue weighted by Gasteiger charge is 2.10. The molecule has 0 saturated carbocycles. The van der Waals surface area contributed by atoms with Crippen molar-refractivity contribution in [2.24, 2.45) is 0 Å². The highest BCUT2D eigenvalue weighted by molar-refractivity contribution is 6.03. The molecule has 0 unspecified atom stereocenters. The number of phenolic OH excluding ortho intramolecular Hbond substituents is 1. The Bertz CT molecular complexity index is 807. The number of aromatic hydroxyl groups is 1. The second-order valence-electron chi connectivity index (χ2n) is 4.65. The highest BCUT2D eigenvalue weighted by atomic mass is 16.5. The first kappa shape index (κ1) is 13.1. The number of aromatic nitrogens is 1. The third kappa shape index (κ3) is 2.67. The van der Waals surface area contributed by atoms with Gasteiger partial charge in [0.2, 0.25) is 0 Å². The van der Waals surface area contributed by atoms with E-state index in [4.69, 9.17) is 9.84 Å². The summed E-state index contributed by atoms with van der Waals surface area (Å²) >= 11 is 0. The van der Waals surface area contributed by atoms with Crippen LogP contribution >= 0.6 is 0 Å². The second-order valence-corrected chi connectivity index (χ2v) is 4.65. The van der Waals surface area contributed by atoms with Gasteiger partial charge in [0.05, 0.1) is 11.3 Å². The fraction of sp³-hybridized carbons (Fsp3) is 0.0625. The third-order valence-corrected chi connectivity index (χ3v) is 3.16. The molecule has 0 spiro atoms. The molecule has 0 saturated heterocycles. The number of H-pyrrole nitrogens is 1. The van der Waals surface area contributed by atoms with E-state index in [9.17, 15) is 9.90 Å². The smallest absolute Gasteiger partial charge is 0.336 e. The van der Waals surface area contributed by atoms with E-state index in [0.717, 1.165) is 11.2 Å². The van der Waals surface area contributed by atoms with Crippen molar-refractivity contribution in [1.29, 1.82) is 0 Å². The summed E-state index contributed by atoms with van der Waals surface area (Å²) in [4.78, 5) is 14.3. The molecule has 0 bridgehead atoms. The van der Waals surface area contributed by atoms with Crippen LogP contribution in [0.2, 0.25) is 0 Å². The molecule has 3 N–H and O–H groups in total. The largest absolute Gasteiger partial charge is 0.508 e. The van der Waals surface area contributed by atoms with Gasteiger partial charge in [-0.25, -0.2) is 4.79 Å². The standard InChI is InChI=1S/C16H13NO4/c18-11-3-1-4-12(8-11)21-9-10-7-14-13(16(19)20)5-2-6-15(14)17-10/h1-8,17-18H,9H2,(H,19,20). The zero-order valence-corrected chi connectivity index (χ0v) is 11.0. The third-order valence-electron chi connectivity index (χ3n) is 3.16. The predicted octanol–water partition coefficient (Wildman–Crippen LogP) is 3.15. The Morgan fingerprint density at radius 1 is 1.14 bits per heavy atom. The van der Waals surface area contributed by atoms with E-state index < -0.39 is 5.97 Å². The Labute approximate surface area is 120 Å². The van der Waals surface area contributed by atoms with Gasteiger partial charge in [-0.05, 0) is 30.3 Å². The lowest BCUT2D eigenvalue weighted by Crippen LogP contribution is -1.95. The first-order valence-electron chi connectivity index (χ1n) is 6.39. The monoisotopic (exact) mass is 283 g/mol. The molecule has 0 fully saturated rings. The van der Waals surface area contributed by atoms with Crippen LogP contribution in [-0.4, -0.2) is 21.2 Å². The number of nitrogens with one attached hydrogen (secondary N) is 1. The molecule has 1 aromatic heterocycles. The van der Waals surface area contributed by atoms with E-state index in [2.05, 4.69) is 4.98 Å². The molecule has 5 nitrogen and oxygen atoms in total. The van der Waals surface area contributed by atoms with Crippen LogP contribution in [0.15, 0.2) is 48.5 Å². The summed E-state index contributed by atoms with van der Waals surface area (Å²) < 4.78 is 5.56. The van der Waals surface area contributed by atoms with Crippen molar-refractivity contribution in [1.82, 2.24) is 4.98 Å². The molecule has 3 rings (SSSR count). The quantitative estimate of drug-likeness (QED) is 0.687. The van der Waals surface area contributed by atoms with Crippen molar-refractivity contribution in [3.05, 3.63) is 59.8 Å². The van der Waals surface area contributed by atoms with Gasteiger partial charge in [0, 0.05) is 17.0 Å². The maximum Gasteiger partial charge on any atom is 0.336 e. The average Bonchev–Trinajstić information content (AvgIpc) is 2.87. The van der Waals surface area contributed by atoms with Crippen molar-refractivity contribution in [3.63, 3.8) is 0 Å². The minimum Gasteiger partial charge on any atom is -0.508 e. The number of ether oxygens (including phenoxy) is 1. The average molecular weight is 283 g/mol. The molecule has 1 heterocycles. The summed E-state index contributed by atoms with van der Waals surface area (Å²) in [5.74, 6) is -0.274. The molecular weight excluding hydrogens is 270 g/mol. The summed E-state index contributed by atoms with van der Waals surface area (Å²) in [7, 11) is 0. The van der Waals surface area contributed by atoms with E-state index >= 15 is 0 Å². The minimum atomic E-state index is -0.958. The molecule has 21 heavy (non-hydrogen) atoms. The van der Waals surface area contributed by atoms with Crippen LogP contribution in [0.4, 0.5) is 0 Å². The number of carbonyl (C=O) groups is 1. The first-order chi connectivity index (χ1) is 10.1. The lowest BCUT2D eigenvalue weighted by atomic mass is 10.1. The van der Waals surface area contributed by atoms with Gasteiger partial charge < -0.3 is 19.9 Å². The number of rotatable bonds is 4. The molecule has 0 atom stereocenters. The molecule has 3 aromatic rings. The van der Waals surface area contributed by atoms with Crippen molar-refractivity contribution >= 4 is 16.9 Å². The second kappa shape index (κ2) is 5.20. The molecule has 106 valence electrons. The fourth-order valence-electron chi connectivity index (χ4n) is 2.21. The van der Waals surface area contributed by atoms with Gasteiger partial charge in [0.1, 0.15) is 18.1 Å². The van der Waals surface area contributed by atoms with Crippen LogP contribution in [0.25, 0.3) is 10.9 Å². The van der Waals surface area contributed by atoms with Crippen molar-refractivity contribution in [2.75, 3.05) is 0 Å². The number of phenols is 1. The molecule has 2 aromatic carbocycles. The van der Waals surface area contributed by atoms with E-state index in [1.165, 1.54) is 6.07 Å². The SMILES string of the molecule is O=C(O)c1cccc2[nH]c(COc3cccc(O)c3)cc12. The summed E-state index contributed by atoms with van der Waals surface area (Å²) in [5, 5.41) is 19.2. The van der Waals surface area contributed by atoms with Crippen LogP contribution in [0.1, 0.15) is 16.1 Å². The van der Waals surface area contributed by atoms with Gasteiger partial charge in [-0.15, -0.1) is 0 Å². The zero-order valence-electron chi connectivity index (χ0n) is 11.0. The fourth-order valence-corrected chi connectivity index (χ4v) is 2.21. The van der Waals surface area contributed by atoms with Gasteiger partial charge in [-0.3, -0.25) is 0 Å². The number of hydrogen-bond donors (Lipinski definition) is 3. The summed E-state index contributed by atoms with van der Waals surface area (Å²) in [6, 6.07) is 13.4. The van der Waals surface area contributed by atoms with Gasteiger partial charge in [0.15, 0.2) is 0 Å². The number of fused-ring (bicyclic) bond motifs is 1. The van der Waals surface area contributed by atoms with Gasteiger partial charge >= 0.3 is 5.97 Å². The van der Waals surface area contributed by atoms with Gasteiger partial charge in [-0.2, -0.15) is 0 Å². The number of carboxylic acids is 1. The molecule has 0 amide bonds. The summed E-state index contributed by atoms with van der Waals surface area (Å²) in [6.45, 7) is 0.261. The van der Waals surface area contributed by atoms with Crippen LogP contribution in [0, 0.1) is 0 Å². The number of benzene rings is 2. The predicted molar refractivity (Wildman–Crippen MR) is 77.7 cm³/mol. The number of hydrogen-bond acceptors (Lipinski definition) is 3. The summed E-state index contributed by atoms with van der Waals surface area (Å²) in [5.41, 5.74) is 1.78. The Kier molecular flexibility index (Phi) is 3.23. The molecule has 0 aliphatic carbocycles. The Hall–Kier alpha value is -2.95. The number of aromatic carboxylic acids is 1. The van der Waals surface area contributed by atoms with E-state index in [-0.39, 0.29) is 17.9 Å². The Balaban J connectivity index is 1.85. The van der Waals surface area contributed by atoms with Crippen LogP contribution in [0.3, 0.4) is 0 Å². The van der Waals surface area contributed by atoms with Crippen LogP contribution in [0.5, 0.6) is 11.5 Å². The maximum absolute atomic E-state index is 11.2. The lowest BCUT2D eigenvalue weighted by molar-refractivity contribution is 0.0699. The molecule has 0 aliphatic heterocycles. The normalized spacial score (nSPS) is 10.7. The topological polar surface area (TPSA) is 82.5 Å². The molecular formula is C16H13NO4. The molecule has 0 radical (unpaired) electrons. The minimum absolute atomic E-state index is 0.136. The Morgan fingerprint density at radius 2 is 1.95 bits per heavy atom. The van der Waals surface area contributed by atoms with Crippen LogP contribution < -0.4 is 4.74 Å². The van der Waals surface area contributed by atoms with E-state index in [0.29, 0.717) is 11.1 Å². The van der Waals surface area contributed by atoms with Crippen LogP contribution in [-0.2, 0) is 6.61 Å². The zero-order chi connectivity index (χ0) is 14.8. The maximum atomic E-state index is 11.2. The number of carboxylic acid groups (broad SMARTS) is 1. The van der Waals surface area contributed by atoms with Crippen molar-refractivity contribution < 1.29 is 19.7 Å².